The van der Waals surface area contributed by atoms with Gasteiger partial charge >= 0.3 is 0 Å². The van der Waals surface area contributed by atoms with E-state index in [1.54, 1.807) is 6.07 Å². The highest BCUT2D eigenvalue weighted by molar-refractivity contribution is 7.14. The summed E-state index contributed by atoms with van der Waals surface area (Å²) in [5.41, 5.74) is 6.35. The Balaban J connectivity index is 1.64. The second-order valence-electron chi connectivity index (χ2n) is 5.65. The first-order valence-corrected chi connectivity index (χ1v) is 9.29. The molecular formula is C17H16Cl2N2O2S. The van der Waals surface area contributed by atoms with Crippen LogP contribution < -0.4 is 10.9 Å². The maximum Gasteiger partial charge on any atom is 0.279 e. The molecule has 1 aliphatic carbocycles. The quantitative estimate of drug-likeness (QED) is 0.597. The number of thiophene rings is 1. The molecule has 2 aromatic rings. The Bertz CT molecular complexity index is 765. The Labute approximate surface area is 154 Å². The summed E-state index contributed by atoms with van der Waals surface area (Å²) in [5.74, 6) is -0.797. The van der Waals surface area contributed by atoms with Crippen molar-refractivity contribution in [2.24, 2.45) is 0 Å². The first kappa shape index (κ1) is 17.3. The molecule has 0 bridgehead atoms. The van der Waals surface area contributed by atoms with Crippen molar-refractivity contribution in [1.29, 1.82) is 0 Å². The van der Waals surface area contributed by atoms with Gasteiger partial charge in [0.1, 0.15) is 0 Å². The number of rotatable bonds is 2. The molecule has 2 N–H and O–H groups in total. The number of halogens is 2. The lowest BCUT2D eigenvalue weighted by atomic mass is 10.1. The SMILES string of the molecule is O=C(NNC(=O)c1ccc(Cl)cc1Cl)c1cc2c(s1)CCCCC2. The number of hydrazine groups is 1. The summed E-state index contributed by atoms with van der Waals surface area (Å²) in [6.45, 7) is 0. The molecule has 0 saturated carbocycles. The molecule has 4 nitrogen and oxygen atoms in total. The summed E-state index contributed by atoms with van der Waals surface area (Å²) >= 11 is 13.3. The van der Waals surface area contributed by atoms with Crippen molar-refractivity contribution >= 4 is 46.4 Å². The minimum Gasteiger partial charge on any atom is -0.267 e. The molecule has 0 atom stereocenters. The number of benzene rings is 1. The molecule has 0 spiro atoms. The van der Waals surface area contributed by atoms with E-state index in [9.17, 15) is 9.59 Å². The maximum absolute atomic E-state index is 12.3. The van der Waals surface area contributed by atoms with Crippen molar-refractivity contribution in [1.82, 2.24) is 10.9 Å². The van der Waals surface area contributed by atoms with Crippen molar-refractivity contribution in [2.45, 2.75) is 32.1 Å². The fraction of sp³-hybridized carbons (Fsp3) is 0.294. The van der Waals surface area contributed by atoms with Crippen LogP contribution in [-0.2, 0) is 12.8 Å². The van der Waals surface area contributed by atoms with Crippen LogP contribution >= 0.6 is 34.5 Å². The molecule has 0 unspecified atom stereocenters. The lowest BCUT2D eigenvalue weighted by Gasteiger charge is -2.07. The highest BCUT2D eigenvalue weighted by atomic mass is 35.5. The third-order valence-corrected chi connectivity index (χ3v) is 5.72. The fourth-order valence-electron chi connectivity index (χ4n) is 2.70. The average molecular weight is 383 g/mol. The van der Waals surface area contributed by atoms with Crippen molar-refractivity contribution in [3.8, 4) is 0 Å². The molecular weight excluding hydrogens is 367 g/mol. The summed E-state index contributed by atoms with van der Waals surface area (Å²) in [5, 5.41) is 0.678. The van der Waals surface area contributed by atoms with Gasteiger partial charge in [-0.2, -0.15) is 0 Å². The van der Waals surface area contributed by atoms with E-state index < -0.39 is 5.91 Å². The van der Waals surface area contributed by atoms with Gasteiger partial charge in [0.2, 0.25) is 0 Å². The van der Waals surface area contributed by atoms with Crippen LogP contribution in [-0.4, -0.2) is 11.8 Å². The molecule has 0 saturated heterocycles. The number of aryl methyl sites for hydroxylation is 2. The average Bonchev–Trinajstić information content (AvgIpc) is 2.83. The minimum atomic E-state index is -0.483. The summed E-state index contributed by atoms with van der Waals surface area (Å²) in [4.78, 5) is 26.3. The molecule has 0 fully saturated rings. The number of hydrogen-bond acceptors (Lipinski definition) is 3. The second kappa shape index (κ2) is 7.55. The van der Waals surface area contributed by atoms with Gasteiger partial charge in [0.25, 0.3) is 11.8 Å². The molecule has 0 aliphatic heterocycles. The van der Waals surface area contributed by atoms with Crippen molar-refractivity contribution in [2.75, 3.05) is 0 Å². The van der Waals surface area contributed by atoms with Crippen molar-refractivity contribution in [3.05, 3.63) is 55.2 Å². The predicted molar refractivity (Wildman–Crippen MR) is 97.0 cm³/mol. The third kappa shape index (κ3) is 3.91. The summed E-state index contributed by atoms with van der Waals surface area (Å²) in [6, 6.07) is 6.50. The summed E-state index contributed by atoms with van der Waals surface area (Å²) in [7, 11) is 0. The van der Waals surface area contributed by atoms with Gasteiger partial charge in [-0.15, -0.1) is 11.3 Å². The lowest BCUT2D eigenvalue weighted by molar-refractivity contribution is 0.0849. The van der Waals surface area contributed by atoms with Crippen molar-refractivity contribution in [3.63, 3.8) is 0 Å². The number of fused-ring (bicyclic) bond motifs is 1. The molecule has 126 valence electrons. The normalized spacial score (nSPS) is 13.8. The first-order chi connectivity index (χ1) is 11.5. The van der Waals surface area contributed by atoms with Crippen molar-refractivity contribution < 1.29 is 9.59 Å². The highest BCUT2D eigenvalue weighted by Crippen LogP contribution is 2.28. The Morgan fingerprint density at radius 2 is 1.71 bits per heavy atom. The number of carbonyl (C=O) groups is 2. The van der Waals surface area contributed by atoms with Crippen LogP contribution in [0, 0.1) is 0 Å². The minimum absolute atomic E-state index is 0.233. The number of carbonyl (C=O) groups excluding carboxylic acids is 2. The second-order valence-corrected chi connectivity index (χ2v) is 7.63. The van der Waals surface area contributed by atoms with E-state index in [1.165, 1.54) is 46.8 Å². The van der Waals surface area contributed by atoms with E-state index in [2.05, 4.69) is 10.9 Å². The number of amides is 2. The standard InChI is InChI=1S/C17H16Cl2N2O2S/c18-11-6-7-12(13(19)9-11)16(22)20-21-17(23)15-8-10-4-2-1-3-5-14(10)24-15/h6-9H,1-5H2,(H,20,22)(H,21,23). The van der Waals surface area contributed by atoms with Gasteiger partial charge < -0.3 is 0 Å². The summed E-state index contributed by atoms with van der Waals surface area (Å²) in [6.07, 6.45) is 5.61. The van der Waals surface area contributed by atoms with Crippen LogP contribution in [0.15, 0.2) is 24.3 Å². The number of nitrogens with one attached hydrogen (secondary N) is 2. The van der Waals surface area contributed by atoms with Gasteiger partial charge in [-0.3, -0.25) is 20.4 Å². The topological polar surface area (TPSA) is 58.2 Å². The molecule has 2 amide bonds. The largest absolute Gasteiger partial charge is 0.279 e. The van der Waals surface area contributed by atoms with Gasteiger partial charge in [-0.05, 0) is 55.5 Å². The zero-order valence-corrected chi connectivity index (χ0v) is 15.2. The van der Waals surface area contributed by atoms with Crippen LogP contribution in [0.2, 0.25) is 10.0 Å². The smallest absolute Gasteiger partial charge is 0.267 e. The molecule has 7 heteroatoms. The molecule has 3 rings (SSSR count). The van der Waals surface area contributed by atoms with Crippen LogP contribution in [0.25, 0.3) is 0 Å². The van der Waals surface area contributed by atoms with Crippen LogP contribution in [0.1, 0.15) is 49.7 Å². The van der Waals surface area contributed by atoms with Crippen LogP contribution in [0.3, 0.4) is 0 Å². The maximum atomic E-state index is 12.3. The Hall–Kier alpha value is -1.56. The highest BCUT2D eigenvalue weighted by Gasteiger charge is 2.17. The lowest BCUT2D eigenvalue weighted by Crippen LogP contribution is -2.41. The molecule has 24 heavy (non-hydrogen) atoms. The Morgan fingerprint density at radius 3 is 2.50 bits per heavy atom. The zero-order valence-electron chi connectivity index (χ0n) is 12.8. The molecule has 1 aromatic carbocycles. The third-order valence-electron chi connectivity index (χ3n) is 3.94. The first-order valence-electron chi connectivity index (χ1n) is 7.72. The fourth-order valence-corrected chi connectivity index (χ4v) is 4.34. The molecule has 1 aliphatic rings. The van der Waals surface area contributed by atoms with E-state index in [-0.39, 0.29) is 16.5 Å². The monoisotopic (exact) mass is 382 g/mol. The van der Waals surface area contributed by atoms with E-state index in [1.807, 2.05) is 6.07 Å². The van der Waals surface area contributed by atoms with E-state index in [0.717, 1.165) is 19.3 Å². The van der Waals surface area contributed by atoms with Crippen LogP contribution in [0.4, 0.5) is 0 Å². The molecule has 1 aromatic heterocycles. The van der Waals surface area contributed by atoms with Gasteiger partial charge in [0.05, 0.1) is 15.5 Å². The number of hydrogen-bond donors (Lipinski definition) is 2. The van der Waals surface area contributed by atoms with E-state index >= 15 is 0 Å². The Morgan fingerprint density at radius 1 is 0.958 bits per heavy atom. The summed E-state index contributed by atoms with van der Waals surface area (Å²) < 4.78 is 0. The van der Waals surface area contributed by atoms with Gasteiger partial charge in [0, 0.05) is 9.90 Å². The van der Waals surface area contributed by atoms with E-state index in [0.29, 0.717) is 9.90 Å². The molecule has 1 heterocycles. The Kier molecular flexibility index (Phi) is 5.43. The van der Waals surface area contributed by atoms with Gasteiger partial charge in [-0.25, -0.2) is 0 Å². The predicted octanol–water partition coefficient (Wildman–Crippen LogP) is 4.40. The van der Waals surface area contributed by atoms with Crippen LogP contribution in [0.5, 0.6) is 0 Å². The van der Waals surface area contributed by atoms with Gasteiger partial charge in [0.15, 0.2) is 0 Å². The van der Waals surface area contributed by atoms with Gasteiger partial charge in [-0.1, -0.05) is 29.6 Å². The zero-order chi connectivity index (χ0) is 17.1. The molecule has 0 radical (unpaired) electrons. The van der Waals surface area contributed by atoms with E-state index in [4.69, 9.17) is 23.2 Å².